The van der Waals surface area contributed by atoms with Crippen LogP contribution in [-0.4, -0.2) is 41.7 Å². The van der Waals surface area contributed by atoms with Crippen molar-refractivity contribution in [1.82, 2.24) is 4.90 Å². The number of rotatable bonds is 4. The molecule has 0 aliphatic carbocycles. The Labute approximate surface area is 124 Å². The van der Waals surface area contributed by atoms with Crippen LogP contribution < -0.4 is 4.74 Å². The Hall–Kier alpha value is -1.26. The number of likely N-dealkylation sites (tertiary alicyclic amines) is 1. The third kappa shape index (κ3) is 4.12. The van der Waals surface area contributed by atoms with Crippen molar-refractivity contribution in [3.63, 3.8) is 0 Å². The second kappa shape index (κ2) is 6.95. The molecule has 1 amide bonds. The maximum atomic E-state index is 12.0. The summed E-state index contributed by atoms with van der Waals surface area (Å²) in [6.07, 6.45) is 1.40. The highest BCUT2D eigenvalue weighted by molar-refractivity contribution is 6.32. The molecule has 1 heterocycles. The van der Waals surface area contributed by atoms with Gasteiger partial charge in [0.05, 0.1) is 24.2 Å². The van der Waals surface area contributed by atoms with Gasteiger partial charge < -0.3 is 14.7 Å². The van der Waals surface area contributed by atoms with Gasteiger partial charge in [0.15, 0.2) is 0 Å². The standard InChI is InChI=1S/C15H20ClNO3/c1-11-2-3-13(16)14(10-11)20-9-6-15(19)17-7-4-12(18)5-8-17/h2-3,10,12,18H,4-9H2,1H3. The number of benzene rings is 1. The van der Waals surface area contributed by atoms with Crippen LogP contribution in [0, 0.1) is 6.92 Å². The van der Waals surface area contributed by atoms with Crippen LogP contribution in [0.15, 0.2) is 18.2 Å². The average molecular weight is 298 g/mol. The van der Waals surface area contributed by atoms with E-state index in [4.69, 9.17) is 16.3 Å². The summed E-state index contributed by atoms with van der Waals surface area (Å²) in [5, 5.41) is 9.97. The minimum atomic E-state index is -0.263. The monoisotopic (exact) mass is 297 g/mol. The summed E-state index contributed by atoms with van der Waals surface area (Å²) in [5.41, 5.74) is 1.07. The Morgan fingerprint density at radius 3 is 2.85 bits per heavy atom. The van der Waals surface area contributed by atoms with Crippen molar-refractivity contribution in [2.75, 3.05) is 19.7 Å². The molecule has 1 saturated heterocycles. The fourth-order valence-electron chi connectivity index (χ4n) is 2.24. The van der Waals surface area contributed by atoms with E-state index in [9.17, 15) is 9.90 Å². The van der Waals surface area contributed by atoms with Gasteiger partial charge in [-0.2, -0.15) is 0 Å². The van der Waals surface area contributed by atoms with Gasteiger partial charge in [0.2, 0.25) is 5.91 Å². The SMILES string of the molecule is Cc1ccc(Cl)c(OCCC(=O)N2CCC(O)CC2)c1. The highest BCUT2D eigenvalue weighted by atomic mass is 35.5. The number of aryl methyl sites for hydroxylation is 1. The van der Waals surface area contributed by atoms with E-state index in [0.29, 0.717) is 49.7 Å². The molecule has 1 aromatic carbocycles. The first-order valence-corrected chi connectivity index (χ1v) is 7.29. The van der Waals surface area contributed by atoms with E-state index in [1.165, 1.54) is 0 Å². The van der Waals surface area contributed by atoms with Gasteiger partial charge in [-0.25, -0.2) is 0 Å². The lowest BCUT2D eigenvalue weighted by Crippen LogP contribution is -2.40. The van der Waals surface area contributed by atoms with Gasteiger partial charge in [0.25, 0.3) is 0 Å². The molecule has 0 bridgehead atoms. The zero-order valence-corrected chi connectivity index (χ0v) is 12.4. The molecule has 4 nitrogen and oxygen atoms in total. The Morgan fingerprint density at radius 2 is 2.15 bits per heavy atom. The Morgan fingerprint density at radius 1 is 1.45 bits per heavy atom. The number of hydrogen-bond donors (Lipinski definition) is 1. The summed E-state index contributed by atoms with van der Waals surface area (Å²) in [6, 6.07) is 5.57. The van der Waals surface area contributed by atoms with E-state index in [1.807, 2.05) is 19.1 Å². The smallest absolute Gasteiger partial charge is 0.226 e. The molecule has 0 saturated carbocycles. The summed E-state index contributed by atoms with van der Waals surface area (Å²) >= 11 is 6.03. The van der Waals surface area contributed by atoms with Crippen LogP contribution in [-0.2, 0) is 4.79 Å². The summed E-state index contributed by atoms with van der Waals surface area (Å²) in [6.45, 7) is 3.55. The van der Waals surface area contributed by atoms with Crippen LogP contribution in [0.1, 0.15) is 24.8 Å². The van der Waals surface area contributed by atoms with Crippen molar-refractivity contribution < 1.29 is 14.6 Å². The fourth-order valence-corrected chi connectivity index (χ4v) is 2.41. The van der Waals surface area contributed by atoms with Crippen LogP contribution >= 0.6 is 11.6 Å². The maximum Gasteiger partial charge on any atom is 0.226 e. The number of ether oxygens (including phenoxy) is 1. The van der Waals surface area contributed by atoms with E-state index in [1.54, 1.807) is 11.0 Å². The number of hydrogen-bond acceptors (Lipinski definition) is 3. The van der Waals surface area contributed by atoms with Gasteiger partial charge in [0.1, 0.15) is 5.75 Å². The number of aliphatic hydroxyl groups excluding tert-OH is 1. The van der Waals surface area contributed by atoms with Gasteiger partial charge in [-0.05, 0) is 37.5 Å². The Balaban J connectivity index is 1.78. The molecular weight excluding hydrogens is 278 g/mol. The molecule has 2 rings (SSSR count). The van der Waals surface area contributed by atoms with Crippen molar-refractivity contribution in [1.29, 1.82) is 0 Å². The van der Waals surface area contributed by atoms with Crippen molar-refractivity contribution in [2.24, 2.45) is 0 Å². The summed E-state index contributed by atoms with van der Waals surface area (Å²) in [7, 11) is 0. The predicted octanol–water partition coefficient (Wildman–Crippen LogP) is 2.40. The van der Waals surface area contributed by atoms with Crippen LogP contribution in [0.2, 0.25) is 5.02 Å². The van der Waals surface area contributed by atoms with Crippen molar-refractivity contribution in [3.05, 3.63) is 28.8 Å². The summed E-state index contributed by atoms with van der Waals surface area (Å²) in [4.78, 5) is 13.8. The molecule has 20 heavy (non-hydrogen) atoms. The molecule has 1 N–H and O–H groups in total. The van der Waals surface area contributed by atoms with Crippen molar-refractivity contribution in [2.45, 2.75) is 32.3 Å². The number of carbonyl (C=O) groups excluding carboxylic acids is 1. The fraction of sp³-hybridized carbons (Fsp3) is 0.533. The second-order valence-electron chi connectivity index (χ2n) is 5.14. The van der Waals surface area contributed by atoms with Crippen molar-refractivity contribution >= 4 is 17.5 Å². The molecule has 0 radical (unpaired) electrons. The van der Waals surface area contributed by atoms with Gasteiger partial charge in [-0.15, -0.1) is 0 Å². The zero-order valence-electron chi connectivity index (χ0n) is 11.6. The van der Waals surface area contributed by atoms with E-state index in [-0.39, 0.29) is 12.0 Å². The van der Waals surface area contributed by atoms with Crippen molar-refractivity contribution in [3.8, 4) is 5.75 Å². The molecule has 0 atom stereocenters. The highest BCUT2D eigenvalue weighted by Gasteiger charge is 2.20. The summed E-state index contributed by atoms with van der Waals surface area (Å²) < 4.78 is 5.57. The first kappa shape index (κ1) is 15.1. The molecule has 0 aromatic heterocycles. The lowest BCUT2D eigenvalue weighted by atomic mass is 10.1. The van der Waals surface area contributed by atoms with Gasteiger partial charge in [-0.3, -0.25) is 4.79 Å². The van der Waals surface area contributed by atoms with Gasteiger partial charge in [-0.1, -0.05) is 17.7 Å². The van der Waals surface area contributed by atoms with E-state index in [2.05, 4.69) is 0 Å². The molecule has 110 valence electrons. The number of amides is 1. The van der Waals surface area contributed by atoms with E-state index >= 15 is 0 Å². The van der Waals surface area contributed by atoms with Crippen LogP contribution in [0.25, 0.3) is 0 Å². The van der Waals surface area contributed by atoms with E-state index in [0.717, 1.165) is 5.56 Å². The normalized spacial score (nSPS) is 16.2. The lowest BCUT2D eigenvalue weighted by Gasteiger charge is -2.29. The minimum absolute atomic E-state index is 0.0701. The predicted molar refractivity (Wildman–Crippen MR) is 78.1 cm³/mol. The largest absolute Gasteiger partial charge is 0.491 e. The Kier molecular flexibility index (Phi) is 5.26. The first-order chi connectivity index (χ1) is 9.56. The molecule has 1 aliphatic rings. The summed E-state index contributed by atoms with van der Waals surface area (Å²) in [5.74, 6) is 0.689. The third-order valence-electron chi connectivity index (χ3n) is 3.48. The molecule has 0 spiro atoms. The number of aliphatic hydroxyl groups is 1. The Bertz CT molecular complexity index is 470. The van der Waals surface area contributed by atoms with Gasteiger partial charge >= 0.3 is 0 Å². The maximum absolute atomic E-state index is 12.0. The number of nitrogens with zero attached hydrogens (tertiary/aromatic N) is 1. The topological polar surface area (TPSA) is 49.8 Å². The average Bonchev–Trinajstić information content (AvgIpc) is 2.43. The number of piperidine rings is 1. The first-order valence-electron chi connectivity index (χ1n) is 6.91. The number of halogens is 1. The molecule has 0 unspecified atom stereocenters. The molecule has 1 fully saturated rings. The van der Waals surface area contributed by atoms with E-state index < -0.39 is 0 Å². The minimum Gasteiger partial charge on any atom is -0.491 e. The highest BCUT2D eigenvalue weighted by Crippen LogP contribution is 2.25. The second-order valence-corrected chi connectivity index (χ2v) is 5.55. The molecular formula is C15H20ClNO3. The molecule has 1 aromatic rings. The van der Waals surface area contributed by atoms with Crippen LogP contribution in [0.4, 0.5) is 0 Å². The van der Waals surface area contributed by atoms with Crippen LogP contribution in [0.5, 0.6) is 5.75 Å². The quantitative estimate of drug-likeness (QED) is 0.928. The molecule has 5 heteroatoms. The third-order valence-corrected chi connectivity index (χ3v) is 3.79. The number of carbonyl (C=O) groups is 1. The van der Waals surface area contributed by atoms with Gasteiger partial charge in [0, 0.05) is 13.1 Å². The van der Waals surface area contributed by atoms with Crippen LogP contribution in [0.3, 0.4) is 0 Å². The zero-order chi connectivity index (χ0) is 14.5. The lowest BCUT2D eigenvalue weighted by molar-refractivity contribution is -0.133. The molecule has 1 aliphatic heterocycles.